The van der Waals surface area contributed by atoms with Crippen LogP contribution in [0.3, 0.4) is 0 Å². The van der Waals surface area contributed by atoms with Gasteiger partial charge in [-0.15, -0.1) is 0 Å². The Hall–Kier alpha value is -0.0400. The molecule has 2 unspecified atom stereocenters. The van der Waals surface area contributed by atoms with Crippen LogP contribution in [0.2, 0.25) is 0 Å². The van der Waals surface area contributed by atoms with Crippen LogP contribution in [0.25, 0.3) is 0 Å². The Morgan fingerprint density at radius 2 is 1.60 bits per heavy atom. The fraction of sp³-hybridized carbons (Fsp3) is 1.00. The van der Waals surface area contributed by atoms with Crippen LogP contribution in [0.5, 0.6) is 0 Å². The van der Waals surface area contributed by atoms with E-state index in [0.29, 0.717) is 12.5 Å². The zero-order valence-corrected chi connectivity index (χ0v) is 7.01. The summed E-state index contributed by atoms with van der Waals surface area (Å²) in [4.78, 5) is 0. The van der Waals surface area contributed by atoms with Gasteiger partial charge >= 0.3 is 0 Å². The van der Waals surface area contributed by atoms with Gasteiger partial charge in [0, 0.05) is 6.61 Å². The van der Waals surface area contributed by atoms with Crippen molar-refractivity contribution in [1.82, 2.24) is 0 Å². The van der Waals surface area contributed by atoms with E-state index < -0.39 is 0 Å². The molecule has 0 bridgehead atoms. The SMILES string of the molecule is CC1CC(C)CC(CO)C1. The molecule has 0 aromatic rings. The molecule has 1 N–H and O–H groups in total. The summed E-state index contributed by atoms with van der Waals surface area (Å²) >= 11 is 0. The lowest BCUT2D eigenvalue weighted by atomic mass is 9.77. The first kappa shape index (κ1) is 8.06. The molecule has 0 aliphatic heterocycles. The Morgan fingerprint density at radius 1 is 1.10 bits per heavy atom. The molecule has 1 heteroatoms. The van der Waals surface area contributed by atoms with Crippen LogP contribution in [0, 0.1) is 17.8 Å². The third-order valence-corrected chi connectivity index (χ3v) is 2.53. The maximum absolute atomic E-state index is 8.93. The standard InChI is InChI=1S/C9H18O/c1-7-3-8(2)5-9(4-7)6-10/h7-10H,3-6H2,1-2H3. The largest absolute Gasteiger partial charge is 0.396 e. The molecule has 0 spiro atoms. The van der Waals surface area contributed by atoms with Gasteiger partial charge in [0.2, 0.25) is 0 Å². The van der Waals surface area contributed by atoms with Gasteiger partial charge in [0.1, 0.15) is 0 Å². The van der Waals surface area contributed by atoms with Gasteiger partial charge in [-0.2, -0.15) is 0 Å². The van der Waals surface area contributed by atoms with E-state index in [1.165, 1.54) is 19.3 Å². The number of hydrogen-bond acceptors (Lipinski definition) is 1. The molecular formula is C9H18O. The summed E-state index contributed by atoms with van der Waals surface area (Å²) in [5.41, 5.74) is 0. The zero-order chi connectivity index (χ0) is 7.56. The Kier molecular flexibility index (Phi) is 2.72. The summed E-state index contributed by atoms with van der Waals surface area (Å²) in [6.45, 7) is 4.98. The highest BCUT2D eigenvalue weighted by Crippen LogP contribution is 2.32. The normalized spacial score (nSPS) is 41.7. The van der Waals surface area contributed by atoms with Crippen molar-refractivity contribution in [2.75, 3.05) is 6.61 Å². The van der Waals surface area contributed by atoms with Crippen LogP contribution in [0.4, 0.5) is 0 Å². The highest BCUT2D eigenvalue weighted by atomic mass is 16.3. The highest BCUT2D eigenvalue weighted by molar-refractivity contribution is 4.73. The van der Waals surface area contributed by atoms with E-state index in [0.717, 1.165) is 11.8 Å². The summed E-state index contributed by atoms with van der Waals surface area (Å²) in [6.07, 6.45) is 3.83. The van der Waals surface area contributed by atoms with E-state index in [1.54, 1.807) is 0 Å². The van der Waals surface area contributed by atoms with E-state index in [9.17, 15) is 0 Å². The van der Waals surface area contributed by atoms with Crippen molar-refractivity contribution in [3.8, 4) is 0 Å². The van der Waals surface area contributed by atoms with E-state index in [4.69, 9.17) is 5.11 Å². The van der Waals surface area contributed by atoms with Crippen molar-refractivity contribution in [1.29, 1.82) is 0 Å². The van der Waals surface area contributed by atoms with Crippen LogP contribution < -0.4 is 0 Å². The second-order valence-corrected chi connectivity index (χ2v) is 3.97. The average Bonchev–Trinajstić information content (AvgIpc) is 1.85. The van der Waals surface area contributed by atoms with E-state index in [1.807, 2.05) is 0 Å². The first-order valence-corrected chi connectivity index (χ1v) is 4.33. The van der Waals surface area contributed by atoms with Crippen molar-refractivity contribution in [3.05, 3.63) is 0 Å². The molecule has 60 valence electrons. The molecule has 1 saturated carbocycles. The molecule has 1 aliphatic carbocycles. The van der Waals surface area contributed by atoms with Crippen LogP contribution in [0.1, 0.15) is 33.1 Å². The van der Waals surface area contributed by atoms with E-state index >= 15 is 0 Å². The molecule has 0 saturated heterocycles. The van der Waals surface area contributed by atoms with Gasteiger partial charge in [0.15, 0.2) is 0 Å². The number of aliphatic hydroxyl groups is 1. The molecule has 1 fully saturated rings. The lowest BCUT2D eigenvalue weighted by Crippen LogP contribution is -2.21. The van der Waals surface area contributed by atoms with Crippen LogP contribution >= 0.6 is 0 Å². The summed E-state index contributed by atoms with van der Waals surface area (Å²) in [6, 6.07) is 0. The third-order valence-electron chi connectivity index (χ3n) is 2.53. The molecule has 1 rings (SSSR count). The molecular weight excluding hydrogens is 124 g/mol. The molecule has 1 nitrogen and oxygen atoms in total. The van der Waals surface area contributed by atoms with E-state index in [-0.39, 0.29) is 0 Å². The minimum atomic E-state index is 0.397. The first-order valence-electron chi connectivity index (χ1n) is 4.33. The van der Waals surface area contributed by atoms with Gasteiger partial charge < -0.3 is 5.11 Å². The molecule has 0 radical (unpaired) electrons. The molecule has 0 amide bonds. The highest BCUT2D eigenvalue weighted by Gasteiger charge is 2.22. The fourth-order valence-electron chi connectivity index (χ4n) is 2.26. The molecule has 10 heavy (non-hydrogen) atoms. The monoisotopic (exact) mass is 142 g/mol. The molecule has 2 atom stereocenters. The van der Waals surface area contributed by atoms with Gasteiger partial charge in [-0.3, -0.25) is 0 Å². The quantitative estimate of drug-likeness (QED) is 0.594. The van der Waals surface area contributed by atoms with Gasteiger partial charge in [-0.1, -0.05) is 13.8 Å². The lowest BCUT2D eigenvalue weighted by Gasteiger charge is -2.29. The van der Waals surface area contributed by atoms with Crippen molar-refractivity contribution in [3.63, 3.8) is 0 Å². The van der Waals surface area contributed by atoms with E-state index in [2.05, 4.69) is 13.8 Å². The lowest BCUT2D eigenvalue weighted by molar-refractivity contribution is 0.138. The van der Waals surface area contributed by atoms with Gasteiger partial charge in [-0.25, -0.2) is 0 Å². The second-order valence-electron chi connectivity index (χ2n) is 3.97. The summed E-state index contributed by atoms with van der Waals surface area (Å²) in [5, 5.41) is 8.93. The van der Waals surface area contributed by atoms with Crippen molar-refractivity contribution < 1.29 is 5.11 Å². The van der Waals surface area contributed by atoms with Gasteiger partial charge in [0.25, 0.3) is 0 Å². The van der Waals surface area contributed by atoms with Crippen molar-refractivity contribution in [2.24, 2.45) is 17.8 Å². The Bertz CT molecular complexity index is 90.9. The Morgan fingerprint density at radius 3 is 2.00 bits per heavy atom. The molecule has 1 aliphatic rings. The third kappa shape index (κ3) is 1.98. The second kappa shape index (κ2) is 3.38. The van der Waals surface area contributed by atoms with Crippen molar-refractivity contribution >= 4 is 0 Å². The van der Waals surface area contributed by atoms with Crippen LogP contribution in [0.15, 0.2) is 0 Å². The summed E-state index contributed by atoms with van der Waals surface area (Å²) < 4.78 is 0. The predicted molar refractivity (Wildman–Crippen MR) is 42.8 cm³/mol. The topological polar surface area (TPSA) is 20.2 Å². The summed E-state index contributed by atoms with van der Waals surface area (Å²) in [5.74, 6) is 2.26. The minimum Gasteiger partial charge on any atom is -0.396 e. The van der Waals surface area contributed by atoms with Gasteiger partial charge in [-0.05, 0) is 37.0 Å². The average molecular weight is 142 g/mol. The molecule has 0 aromatic heterocycles. The summed E-state index contributed by atoms with van der Waals surface area (Å²) in [7, 11) is 0. The number of hydrogen-bond donors (Lipinski definition) is 1. The molecule has 0 aromatic carbocycles. The Balaban J connectivity index is 2.35. The maximum Gasteiger partial charge on any atom is 0.0459 e. The maximum atomic E-state index is 8.93. The van der Waals surface area contributed by atoms with Crippen molar-refractivity contribution in [2.45, 2.75) is 33.1 Å². The minimum absolute atomic E-state index is 0.397. The zero-order valence-electron chi connectivity index (χ0n) is 7.01. The van der Waals surface area contributed by atoms with Crippen LogP contribution in [-0.4, -0.2) is 11.7 Å². The Labute approximate surface area is 63.4 Å². The molecule has 0 heterocycles. The number of aliphatic hydroxyl groups excluding tert-OH is 1. The van der Waals surface area contributed by atoms with Gasteiger partial charge in [0.05, 0.1) is 0 Å². The number of rotatable bonds is 1. The van der Waals surface area contributed by atoms with Crippen LogP contribution in [-0.2, 0) is 0 Å². The fourth-order valence-corrected chi connectivity index (χ4v) is 2.26. The predicted octanol–water partition coefficient (Wildman–Crippen LogP) is 2.05. The smallest absolute Gasteiger partial charge is 0.0459 e. The first-order chi connectivity index (χ1) is 4.72.